The molecule has 5 nitrogen and oxygen atoms in total. The van der Waals surface area contributed by atoms with E-state index >= 15 is 0 Å². The zero-order chi connectivity index (χ0) is 15.4. The molecule has 1 N–H and O–H groups in total. The van der Waals surface area contributed by atoms with Crippen LogP contribution in [0.2, 0.25) is 0 Å². The number of carboxylic acid groups (broad SMARTS) is 1. The molecule has 110 valence electrons. The number of rotatable bonds is 5. The minimum absolute atomic E-state index is 0.238. The first-order valence-electron chi connectivity index (χ1n) is 6.13. The molecular weight excluding hydrogens is 295 g/mol. The van der Waals surface area contributed by atoms with E-state index in [9.17, 15) is 14.0 Å². The van der Waals surface area contributed by atoms with Gasteiger partial charge in [0.25, 0.3) is 0 Å². The number of nitrogens with zero attached hydrogens (tertiary/aromatic N) is 2. The topological polar surface area (TPSA) is 72.2 Å². The average molecular weight is 308 g/mol. The first-order chi connectivity index (χ1) is 9.95. The van der Waals surface area contributed by atoms with Crippen LogP contribution < -0.4 is 5.43 Å². The molecule has 0 saturated carbocycles. The fraction of sp³-hybridized carbons (Fsp3) is 0.214. The van der Waals surface area contributed by atoms with E-state index < -0.39 is 5.97 Å². The molecule has 0 aliphatic carbocycles. The van der Waals surface area contributed by atoms with E-state index in [4.69, 9.17) is 5.11 Å². The number of aryl methyl sites for hydroxylation is 1. The zero-order valence-corrected chi connectivity index (χ0v) is 12.1. The molecule has 1 aromatic carbocycles. The predicted octanol–water partition coefficient (Wildman–Crippen LogP) is 2.07. The summed E-state index contributed by atoms with van der Waals surface area (Å²) in [6.07, 6.45) is 0. The average Bonchev–Trinajstić information content (AvgIpc) is 2.42. The summed E-state index contributed by atoms with van der Waals surface area (Å²) in [7, 11) is 0. The van der Waals surface area contributed by atoms with Crippen LogP contribution in [0.1, 0.15) is 11.3 Å². The fourth-order valence-corrected chi connectivity index (χ4v) is 2.62. The molecule has 1 aromatic heterocycles. The van der Waals surface area contributed by atoms with Gasteiger partial charge in [-0.1, -0.05) is 12.1 Å². The van der Waals surface area contributed by atoms with Gasteiger partial charge in [0.2, 0.25) is 5.43 Å². The van der Waals surface area contributed by atoms with Crippen molar-refractivity contribution in [2.45, 2.75) is 24.2 Å². The van der Waals surface area contributed by atoms with Crippen molar-refractivity contribution in [3.8, 4) is 0 Å². The summed E-state index contributed by atoms with van der Waals surface area (Å²) in [5.74, 6) is -0.859. The van der Waals surface area contributed by atoms with Crippen molar-refractivity contribution in [2.75, 3.05) is 0 Å². The Morgan fingerprint density at radius 1 is 1.38 bits per heavy atom. The number of carboxylic acids is 1. The Kier molecular flexibility index (Phi) is 4.74. The lowest BCUT2D eigenvalue weighted by Gasteiger charge is -2.10. The molecule has 0 spiro atoms. The minimum atomic E-state index is -1.03. The standard InChI is InChI=1S/C14H13FN2O3S/c1-9-12(18)6-13(17(16-9)7-14(19)20)21-8-10-2-4-11(15)5-3-10/h2-6H,7-8H2,1H3,(H,19,20). The highest BCUT2D eigenvalue weighted by atomic mass is 32.2. The van der Waals surface area contributed by atoms with Gasteiger partial charge in [0.15, 0.2) is 0 Å². The smallest absolute Gasteiger partial charge is 0.325 e. The van der Waals surface area contributed by atoms with Crippen LogP contribution in [0.4, 0.5) is 4.39 Å². The first-order valence-corrected chi connectivity index (χ1v) is 7.12. The van der Waals surface area contributed by atoms with Crippen molar-refractivity contribution in [3.05, 3.63) is 57.6 Å². The van der Waals surface area contributed by atoms with E-state index in [1.807, 2.05) is 0 Å². The summed E-state index contributed by atoms with van der Waals surface area (Å²) in [5, 5.41) is 13.3. The molecule has 0 fully saturated rings. The van der Waals surface area contributed by atoms with E-state index in [0.29, 0.717) is 10.8 Å². The highest BCUT2D eigenvalue weighted by molar-refractivity contribution is 7.98. The van der Waals surface area contributed by atoms with Gasteiger partial charge in [-0.15, -0.1) is 11.8 Å². The van der Waals surface area contributed by atoms with Gasteiger partial charge in [0.1, 0.15) is 18.1 Å². The maximum atomic E-state index is 12.8. The molecule has 0 atom stereocenters. The van der Waals surface area contributed by atoms with Crippen molar-refractivity contribution >= 4 is 17.7 Å². The molecule has 0 saturated heterocycles. The van der Waals surface area contributed by atoms with Gasteiger partial charge in [-0.05, 0) is 24.6 Å². The number of benzene rings is 1. The van der Waals surface area contributed by atoms with Crippen molar-refractivity contribution in [2.24, 2.45) is 0 Å². The number of aromatic nitrogens is 2. The lowest BCUT2D eigenvalue weighted by molar-refractivity contribution is -0.138. The number of hydrogen-bond donors (Lipinski definition) is 1. The summed E-state index contributed by atoms with van der Waals surface area (Å²) in [6.45, 7) is 1.22. The van der Waals surface area contributed by atoms with E-state index in [2.05, 4.69) is 5.10 Å². The maximum Gasteiger partial charge on any atom is 0.325 e. The van der Waals surface area contributed by atoms with Crippen molar-refractivity contribution < 1.29 is 14.3 Å². The molecule has 0 unspecified atom stereocenters. The van der Waals surface area contributed by atoms with Crippen LogP contribution >= 0.6 is 11.8 Å². The molecule has 0 aliphatic heterocycles. The molecule has 2 aromatic rings. The molecule has 0 radical (unpaired) electrons. The van der Waals surface area contributed by atoms with Gasteiger partial charge in [-0.25, -0.2) is 9.07 Å². The largest absolute Gasteiger partial charge is 0.480 e. The summed E-state index contributed by atoms with van der Waals surface area (Å²) >= 11 is 1.29. The Hall–Kier alpha value is -2.15. The van der Waals surface area contributed by atoms with Crippen LogP contribution in [0.25, 0.3) is 0 Å². The van der Waals surface area contributed by atoms with Crippen LogP contribution in [0.3, 0.4) is 0 Å². The van der Waals surface area contributed by atoms with Crippen LogP contribution in [-0.2, 0) is 17.1 Å². The van der Waals surface area contributed by atoms with E-state index in [0.717, 1.165) is 5.56 Å². The Morgan fingerprint density at radius 3 is 2.67 bits per heavy atom. The van der Waals surface area contributed by atoms with Crippen LogP contribution in [-0.4, -0.2) is 20.9 Å². The van der Waals surface area contributed by atoms with Crippen LogP contribution in [0.5, 0.6) is 0 Å². The number of thioether (sulfide) groups is 1. The number of halogens is 1. The van der Waals surface area contributed by atoms with Crippen molar-refractivity contribution in [1.29, 1.82) is 0 Å². The highest BCUT2D eigenvalue weighted by Gasteiger charge is 2.10. The Morgan fingerprint density at radius 2 is 2.05 bits per heavy atom. The SMILES string of the molecule is Cc1nn(CC(=O)O)c(SCc2ccc(F)cc2)cc1=O. The Bertz CT molecular complexity index is 713. The molecule has 1 heterocycles. The summed E-state index contributed by atoms with van der Waals surface area (Å²) < 4.78 is 14.1. The molecule has 0 amide bonds. The highest BCUT2D eigenvalue weighted by Crippen LogP contribution is 2.21. The predicted molar refractivity (Wildman–Crippen MR) is 76.8 cm³/mol. The molecular formula is C14H13FN2O3S. The first kappa shape index (κ1) is 15.2. The van der Waals surface area contributed by atoms with Gasteiger partial charge >= 0.3 is 5.97 Å². The fourth-order valence-electron chi connectivity index (χ4n) is 1.67. The second-order valence-electron chi connectivity index (χ2n) is 4.40. The maximum absolute atomic E-state index is 12.8. The molecule has 2 rings (SSSR count). The van der Waals surface area contributed by atoms with Gasteiger partial charge in [-0.3, -0.25) is 9.59 Å². The molecule has 0 aliphatic rings. The Balaban J connectivity index is 2.21. The van der Waals surface area contributed by atoms with Crippen molar-refractivity contribution in [3.63, 3.8) is 0 Å². The number of aliphatic carboxylic acids is 1. The monoisotopic (exact) mass is 308 g/mol. The molecule has 7 heteroatoms. The summed E-state index contributed by atoms with van der Waals surface area (Å²) in [5.41, 5.74) is 0.886. The summed E-state index contributed by atoms with van der Waals surface area (Å²) in [4.78, 5) is 22.5. The molecule has 0 bridgehead atoms. The van der Waals surface area contributed by atoms with Crippen LogP contribution in [0.15, 0.2) is 40.2 Å². The summed E-state index contributed by atoms with van der Waals surface area (Å²) in [6, 6.07) is 7.37. The van der Waals surface area contributed by atoms with Gasteiger partial charge in [0, 0.05) is 11.8 Å². The van der Waals surface area contributed by atoms with E-state index in [1.165, 1.54) is 41.6 Å². The second-order valence-corrected chi connectivity index (χ2v) is 5.39. The number of carbonyl (C=O) groups is 1. The quantitative estimate of drug-likeness (QED) is 0.856. The van der Waals surface area contributed by atoms with Crippen molar-refractivity contribution in [1.82, 2.24) is 9.78 Å². The van der Waals surface area contributed by atoms with E-state index in [-0.39, 0.29) is 23.5 Å². The third kappa shape index (κ3) is 4.16. The lowest BCUT2D eigenvalue weighted by atomic mass is 10.2. The molecule has 21 heavy (non-hydrogen) atoms. The lowest BCUT2D eigenvalue weighted by Crippen LogP contribution is -2.20. The van der Waals surface area contributed by atoms with Gasteiger partial charge < -0.3 is 5.11 Å². The van der Waals surface area contributed by atoms with E-state index in [1.54, 1.807) is 12.1 Å². The Labute approximate surface area is 124 Å². The minimum Gasteiger partial charge on any atom is -0.480 e. The second kappa shape index (κ2) is 6.53. The van der Waals surface area contributed by atoms with Gasteiger partial charge in [-0.2, -0.15) is 5.10 Å². The third-order valence-electron chi connectivity index (χ3n) is 2.72. The normalized spacial score (nSPS) is 10.6. The number of hydrogen-bond acceptors (Lipinski definition) is 4. The zero-order valence-electron chi connectivity index (χ0n) is 11.2. The third-order valence-corrected chi connectivity index (χ3v) is 3.82. The van der Waals surface area contributed by atoms with Crippen LogP contribution in [0, 0.1) is 12.7 Å². The van der Waals surface area contributed by atoms with Gasteiger partial charge in [0.05, 0.1) is 5.03 Å².